The maximum atomic E-state index is 5.75. The monoisotopic (exact) mass is 340 g/mol. The molecule has 0 spiro atoms. The van der Waals surface area contributed by atoms with Crippen molar-refractivity contribution in [1.82, 2.24) is 30.3 Å². The zero-order chi connectivity index (χ0) is 16.4. The summed E-state index contributed by atoms with van der Waals surface area (Å²) in [6, 6.07) is 10.2. The van der Waals surface area contributed by atoms with Gasteiger partial charge in [0.1, 0.15) is 10.8 Å². The van der Waals surface area contributed by atoms with Gasteiger partial charge in [-0.3, -0.25) is 4.98 Å². The van der Waals surface area contributed by atoms with Gasteiger partial charge < -0.3 is 5.32 Å². The number of nitrogens with zero attached hydrogens (tertiary/aromatic N) is 5. The van der Waals surface area contributed by atoms with Crippen molar-refractivity contribution >= 4 is 11.6 Å². The second-order valence-electron chi connectivity index (χ2n) is 5.88. The van der Waals surface area contributed by atoms with Gasteiger partial charge in [-0.05, 0) is 25.0 Å². The first kappa shape index (κ1) is 15.2. The molecule has 1 aliphatic rings. The molecule has 6 nitrogen and oxygen atoms in total. The van der Waals surface area contributed by atoms with Crippen LogP contribution in [0.1, 0.15) is 35.8 Å². The molecule has 122 valence electrons. The molecule has 2 heterocycles. The molecule has 1 fully saturated rings. The number of hydrogen-bond donors (Lipinski definition) is 1. The molecule has 4 rings (SSSR count). The summed E-state index contributed by atoms with van der Waals surface area (Å²) in [5, 5.41) is 12.5. The Morgan fingerprint density at radius 1 is 1.08 bits per heavy atom. The molecule has 2 aromatic heterocycles. The van der Waals surface area contributed by atoms with Gasteiger partial charge in [-0.15, -0.1) is 5.10 Å². The quantitative estimate of drug-likeness (QED) is 0.747. The summed E-state index contributed by atoms with van der Waals surface area (Å²) in [4.78, 5) is 8.27. The number of halogens is 1. The third kappa shape index (κ3) is 3.29. The van der Waals surface area contributed by atoms with Crippen LogP contribution in [0.15, 0.2) is 42.7 Å². The summed E-state index contributed by atoms with van der Waals surface area (Å²) in [5.41, 5.74) is 4.13. The maximum absolute atomic E-state index is 5.75. The Hall–Kier alpha value is -2.31. The van der Waals surface area contributed by atoms with Crippen molar-refractivity contribution < 1.29 is 0 Å². The molecule has 0 unspecified atom stereocenters. The number of para-hydroxylation sites is 1. The Balaban J connectivity index is 1.49. The van der Waals surface area contributed by atoms with E-state index in [4.69, 9.17) is 11.6 Å². The lowest BCUT2D eigenvalue weighted by molar-refractivity contribution is 0.658. The Morgan fingerprint density at radius 3 is 2.62 bits per heavy atom. The molecular weight excluding hydrogens is 324 g/mol. The number of benzene rings is 1. The SMILES string of the molecule is Clc1cnc(CNCc2nnn(-c3ccccc3)c2C2CC2)cn1. The Bertz CT molecular complexity index is 811. The zero-order valence-electron chi connectivity index (χ0n) is 13.1. The number of hydrogen-bond acceptors (Lipinski definition) is 5. The Kier molecular flexibility index (Phi) is 4.23. The van der Waals surface area contributed by atoms with Gasteiger partial charge in [0, 0.05) is 19.0 Å². The van der Waals surface area contributed by atoms with Crippen LogP contribution in [0, 0.1) is 0 Å². The van der Waals surface area contributed by atoms with Gasteiger partial charge in [0.25, 0.3) is 0 Å². The first-order valence-electron chi connectivity index (χ1n) is 7.98. The lowest BCUT2D eigenvalue weighted by atomic mass is 10.2. The fraction of sp³-hybridized carbons (Fsp3) is 0.294. The van der Waals surface area contributed by atoms with Crippen molar-refractivity contribution in [2.24, 2.45) is 0 Å². The van der Waals surface area contributed by atoms with Gasteiger partial charge in [-0.2, -0.15) is 0 Å². The predicted octanol–water partition coefficient (Wildman–Crippen LogP) is 2.88. The summed E-state index contributed by atoms with van der Waals surface area (Å²) in [6.07, 6.45) is 5.64. The van der Waals surface area contributed by atoms with Crippen LogP contribution in [0.5, 0.6) is 0 Å². The second kappa shape index (κ2) is 6.67. The van der Waals surface area contributed by atoms with Crippen molar-refractivity contribution in [3.05, 3.63) is 65.0 Å². The van der Waals surface area contributed by atoms with Crippen LogP contribution in [0.4, 0.5) is 0 Å². The molecule has 1 aromatic carbocycles. The summed E-state index contributed by atoms with van der Waals surface area (Å²) < 4.78 is 1.97. The highest BCUT2D eigenvalue weighted by molar-refractivity contribution is 6.29. The van der Waals surface area contributed by atoms with E-state index >= 15 is 0 Å². The highest BCUT2D eigenvalue weighted by Crippen LogP contribution is 2.41. The normalized spacial score (nSPS) is 14.0. The molecular formula is C17H17ClN6. The van der Waals surface area contributed by atoms with E-state index in [2.05, 4.69) is 37.7 Å². The van der Waals surface area contributed by atoms with Crippen LogP contribution in [-0.4, -0.2) is 25.0 Å². The standard InChI is InChI=1S/C17H17ClN6/c18-16-11-20-13(9-21-16)8-19-10-15-17(12-6-7-12)24(23-22-15)14-4-2-1-3-5-14/h1-5,9,11-12,19H,6-8,10H2. The first-order valence-corrected chi connectivity index (χ1v) is 8.36. The maximum Gasteiger partial charge on any atom is 0.147 e. The van der Waals surface area contributed by atoms with Crippen LogP contribution < -0.4 is 5.32 Å². The molecule has 1 saturated carbocycles. The van der Waals surface area contributed by atoms with E-state index in [-0.39, 0.29) is 0 Å². The molecule has 1 N–H and O–H groups in total. The minimum atomic E-state index is 0.403. The van der Waals surface area contributed by atoms with E-state index in [9.17, 15) is 0 Å². The van der Waals surface area contributed by atoms with Crippen molar-refractivity contribution in [3.63, 3.8) is 0 Å². The lowest BCUT2D eigenvalue weighted by Gasteiger charge is -2.07. The minimum absolute atomic E-state index is 0.403. The van der Waals surface area contributed by atoms with Crippen LogP contribution in [0.3, 0.4) is 0 Å². The Morgan fingerprint density at radius 2 is 1.92 bits per heavy atom. The van der Waals surface area contributed by atoms with Crippen molar-refractivity contribution in [2.45, 2.75) is 31.8 Å². The molecule has 0 aliphatic heterocycles. The van der Waals surface area contributed by atoms with E-state index in [0.29, 0.717) is 24.2 Å². The zero-order valence-corrected chi connectivity index (χ0v) is 13.8. The number of rotatable bonds is 6. The highest BCUT2D eigenvalue weighted by Gasteiger charge is 2.31. The van der Waals surface area contributed by atoms with Gasteiger partial charge in [-0.25, -0.2) is 9.67 Å². The molecule has 0 atom stereocenters. The predicted molar refractivity (Wildman–Crippen MR) is 90.9 cm³/mol. The number of nitrogens with one attached hydrogen (secondary N) is 1. The highest BCUT2D eigenvalue weighted by atomic mass is 35.5. The summed E-state index contributed by atoms with van der Waals surface area (Å²) in [7, 11) is 0. The third-order valence-electron chi connectivity index (χ3n) is 4.02. The van der Waals surface area contributed by atoms with E-state index in [1.54, 1.807) is 12.4 Å². The molecule has 3 aromatic rings. The van der Waals surface area contributed by atoms with Crippen molar-refractivity contribution in [1.29, 1.82) is 0 Å². The van der Waals surface area contributed by atoms with E-state index < -0.39 is 0 Å². The fourth-order valence-electron chi connectivity index (χ4n) is 2.71. The van der Waals surface area contributed by atoms with Gasteiger partial charge in [0.05, 0.1) is 29.5 Å². The average Bonchev–Trinajstić information content (AvgIpc) is 3.37. The van der Waals surface area contributed by atoms with Crippen LogP contribution in [0.2, 0.25) is 5.15 Å². The number of aromatic nitrogens is 5. The molecule has 1 aliphatic carbocycles. The minimum Gasteiger partial charge on any atom is -0.305 e. The second-order valence-corrected chi connectivity index (χ2v) is 6.26. The molecule has 0 bridgehead atoms. The molecule has 0 saturated heterocycles. The fourth-order valence-corrected chi connectivity index (χ4v) is 2.81. The van der Waals surface area contributed by atoms with Crippen LogP contribution in [-0.2, 0) is 13.1 Å². The molecule has 0 radical (unpaired) electrons. The van der Waals surface area contributed by atoms with Crippen molar-refractivity contribution in [2.75, 3.05) is 0 Å². The van der Waals surface area contributed by atoms with Gasteiger partial charge in [-0.1, -0.05) is 35.0 Å². The van der Waals surface area contributed by atoms with E-state index in [0.717, 1.165) is 17.1 Å². The largest absolute Gasteiger partial charge is 0.305 e. The summed E-state index contributed by atoms with van der Waals surface area (Å²) in [5.74, 6) is 0.562. The van der Waals surface area contributed by atoms with Crippen LogP contribution >= 0.6 is 11.6 Å². The Labute approximate surface area is 144 Å². The summed E-state index contributed by atoms with van der Waals surface area (Å²) in [6.45, 7) is 1.27. The summed E-state index contributed by atoms with van der Waals surface area (Å²) >= 11 is 5.75. The third-order valence-corrected chi connectivity index (χ3v) is 4.21. The van der Waals surface area contributed by atoms with E-state index in [1.807, 2.05) is 22.9 Å². The first-order chi connectivity index (χ1) is 11.8. The molecule has 0 amide bonds. The van der Waals surface area contributed by atoms with Crippen molar-refractivity contribution in [3.8, 4) is 5.69 Å². The van der Waals surface area contributed by atoms with Gasteiger partial charge >= 0.3 is 0 Å². The van der Waals surface area contributed by atoms with E-state index in [1.165, 1.54) is 18.5 Å². The molecule has 24 heavy (non-hydrogen) atoms. The van der Waals surface area contributed by atoms with Gasteiger partial charge in [0.2, 0.25) is 0 Å². The van der Waals surface area contributed by atoms with Crippen LogP contribution in [0.25, 0.3) is 5.69 Å². The van der Waals surface area contributed by atoms with Gasteiger partial charge in [0.15, 0.2) is 0 Å². The molecule has 7 heteroatoms. The topological polar surface area (TPSA) is 68.5 Å². The lowest BCUT2D eigenvalue weighted by Crippen LogP contribution is -2.15. The smallest absolute Gasteiger partial charge is 0.147 e. The average molecular weight is 341 g/mol.